The molecule has 5 nitrogen and oxygen atoms in total. The van der Waals surface area contributed by atoms with Gasteiger partial charge in [-0.3, -0.25) is 14.7 Å². The molecular formula is C17H12N2O3S2. The van der Waals surface area contributed by atoms with Gasteiger partial charge in [-0.15, -0.1) is 0 Å². The van der Waals surface area contributed by atoms with Crippen molar-refractivity contribution >= 4 is 46.3 Å². The number of carbonyl (C=O) groups is 2. The van der Waals surface area contributed by atoms with Crippen LogP contribution in [0.4, 0.5) is 0 Å². The number of hydrogen-bond acceptors (Lipinski definition) is 5. The summed E-state index contributed by atoms with van der Waals surface area (Å²) in [7, 11) is 0. The van der Waals surface area contributed by atoms with Gasteiger partial charge in [-0.05, 0) is 29.3 Å². The Labute approximate surface area is 148 Å². The Morgan fingerprint density at radius 2 is 1.88 bits per heavy atom. The number of thioether (sulfide) groups is 1. The van der Waals surface area contributed by atoms with Gasteiger partial charge in [0.05, 0.1) is 4.91 Å². The van der Waals surface area contributed by atoms with E-state index in [2.05, 4.69) is 4.98 Å². The molecule has 1 aliphatic heterocycles. The second-order valence-corrected chi connectivity index (χ2v) is 6.66. The third-order valence-corrected chi connectivity index (χ3v) is 4.77. The molecule has 1 fully saturated rings. The van der Waals surface area contributed by atoms with Crippen LogP contribution in [-0.2, 0) is 9.59 Å². The molecule has 1 N–H and O–H groups in total. The number of hydrogen-bond donors (Lipinski definition) is 1. The van der Waals surface area contributed by atoms with Crippen LogP contribution in [0.2, 0.25) is 0 Å². The predicted octanol–water partition coefficient (Wildman–Crippen LogP) is 3.11. The highest BCUT2D eigenvalue weighted by molar-refractivity contribution is 8.26. The third kappa shape index (κ3) is 3.22. The van der Waals surface area contributed by atoms with Gasteiger partial charge in [-0.2, -0.15) is 0 Å². The smallest absolute Gasteiger partial charge is 0.331 e. The molecule has 0 spiro atoms. The van der Waals surface area contributed by atoms with Crippen LogP contribution in [0.3, 0.4) is 0 Å². The summed E-state index contributed by atoms with van der Waals surface area (Å²) in [5.74, 6) is -1.53. The summed E-state index contributed by atoms with van der Waals surface area (Å²) < 4.78 is 0.233. The van der Waals surface area contributed by atoms with E-state index in [1.165, 1.54) is 0 Å². The Morgan fingerprint density at radius 1 is 1.21 bits per heavy atom. The highest BCUT2D eigenvalue weighted by atomic mass is 32.2. The molecule has 120 valence electrons. The molecule has 3 rings (SSSR count). The molecule has 0 unspecified atom stereocenters. The van der Waals surface area contributed by atoms with Crippen molar-refractivity contribution in [2.75, 3.05) is 0 Å². The fraction of sp³-hybridized carbons (Fsp3) is 0.0588. The Hall–Kier alpha value is -2.51. The molecule has 1 aromatic carbocycles. The average Bonchev–Trinajstić information content (AvgIpc) is 2.85. The van der Waals surface area contributed by atoms with Crippen molar-refractivity contribution < 1.29 is 14.7 Å². The van der Waals surface area contributed by atoms with Gasteiger partial charge in [0.25, 0.3) is 5.91 Å². The van der Waals surface area contributed by atoms with E-state index < -0.39 is 17.9 Å². The number of amides is 1. The van der Waals surface area contributed by atoms with Gasteiger partial charge >= 0.3 is 5.97 Å². The van der Waals surface area contributed by atoms with E-state index in [9.17, 15) is 14.7 Å². The molecule has 1 atom stereocenters. The van der Waals surface area contributed by atoms with Crippen molar-refractivity contribution in [1.29, 1.82) is 0 Å². The maximum absolute atomic E-state index is 12.7. The first-order chi connectivity index (χ1) is 11.6. The molecule has 24 heavy (non-hydrogen) atoms. The molecule has 0 saturated carbocycles. The molecule has 2 heterocycles. The summed E-state index contributed by atoms with van der Waals surface area (Å²) >= 11 is 6.36. The van der Waals surface area contributed by atoms with Crippen LogP contribution >= 0.6 is 24.0 Å². The molecule has 7 heteroatoms. The summed E-state index contributed by atoms with van der Waals surface area (Å²) in [6, 6.07) is 11.0. The highest BCUT2D eigenvalue weighted by Crippen LogP contribution is 2.38. The molecule has 2 aromatic rings. The SMILES string of the molecule is O=C(O)[C@@H](c1ccccc1)N1C(=O)/C(=C/c2ccncc2)SC1=S. The lowest BCUT2D eigenvalue weighted by atomic mass is 10.1. The van der Waals surface area contributed by atoms with Crippen LogP contribution in [0.25, 0.3) is 6.08 Å². The first-order valence-electron chi connectivity index (χ1n) is 7.03. The normalized spacial score (nSPS) is 17.3. The quantitative estimate of drug-likeness (QED) is 0.670. The van der Waals surface area contributed by atoms with Gasteiger partial charge in [0.2, 0.25) is 0 Å². The summed E-state index contributed by atoms with van der Waals surface area (Å²) in [6.07, 6.45) is 4.93. The van der Waals surface area contributed by atoms with E-state index in [0.29, 0.717) is 10.5 Å². The van der Waals surface area contributed by atoms with Gasteiger partial charge in [-0.25, -0.2) is 4.79 Å². The first-order valence-corrected chi connectivity index (χ1v) is 8.25. The Kier molecular flexibility index (Phi) is 4.73. The number of rotatable bonds is 4. The van der Waals surface area contributed by atoms with Crippen molar-refractivity contribution in [2.24, 2.45) is 0 Å². The zero-order valence-electron chi connectivity index (χ0n) is 12.3. The van der Waals surface area contributed by atoms with Crippen LogP contribution in [0.15, 0.2) is 59.8 Å². The van der Waals surface area contributed by atoms with Crippen LogP contribution in [0.1, 0.15) is 17.2 Å². The monoisotopic (exact) mass is 356 g/mol. The van der Waals surface area contributed by atoms with Crippen molar-refractivity contribution in [3.05, 3.63) is 70.9 Å². The van der Waals surface area contributed by atoms with Crippen molar-refractivity contribution in [1.82, 2.24) is 9.88 Å². The number of thiocarbonyl (C=S) groups is 1. The van der Waals surface area contributed by atoms with Crippen molar-refractivity contribution in [3.8, 4) is 0 Å². The molecule has 1 saturated heterocycles. The largest absolute Gasteiger partial charge is 0.479 e. The fourth-order valence-corrected chi connectivity index (χ4v) is 3.66. The lowest BCUT2D eigenvalue weighted by Gasteiger charge is -2.23. The number of aliphatic carboxylic acids is 1. The topological polar surface area (TPSA) is 70.5 Å². The summed E-state index contributed by atoms with van der Waals surface area (Å²) in [5.41, 5.74) is 1.31. The fourth-order valence-electron chi connectivity index (χ4n) is 2.35. The molecule has 1 aliphatic rings. The van der Waals surface area contributed by atoms with Crippen LogP contribution < -0.4 is 0 Å². The van der Waals surface area contributed by atoms with E-state index >= 15 is 0 Å². The highest BCUT2D eigenvalue weighted by Gasteiger charge is 2.41. The standard InChI is InChI=1S/C17H12N2O3S2/c20-15-13(10-11-6-8-18-9-7-11)24-17(23)19(15)14(16(21)22)12-4-2-1-3-5-12/h1-10,14H,(H,21,22)/b13-10-/t14-/m1/s1. The van der Waals surface area contributed by atoms with Gasteiger partial charge in [-0.1, -0.05) is 54.3 Å². The lowest BCUT2D eigenvalue weighted by molar-refractivity contribution is -0.145. The number of pyridine rings is 1. The molecule has 0 radical (unpaired) electrons. The minimum Gasteiger partial charge on any atom is -0.479 e. The Morgan fingerprint density at radius 3 is 2.50 bits per heavy atom. The summed E-state index contributed by atoms with van der Waals surface area (Å²) in [5, 5.41) is 9.61. The minimum atomic E-state index is -1.14. The van der Waals surface area contributed by atoms with Crippen LogP contribution in [0.5, 0.6) is 0 Å². The van der Waals surface area contributed by atoms with E-state index in [-0.39, 0.29) is 4.32 Å². The molecule has 0 bridgehead atoms. The molecule has 1 aromatic heterocycles. The average molecular weight is 356 g/mol. The number of carbonyl (C=O) groups excluding carboxylic acids is 1. The van der Waals surface area contributed by atoms with Gasteiger partial charge in [0.15, 0.2) is 6.04 Å². The van der Waals surface area contributed by atoms with E-state index in [4.69, 9.17) is 12.2 Å². The summed E-state index contributed by atoms with van der Waals surface area (Å²) in [6.45, 7) is 0. The number of benzene rings is 1. The second-order valence-electron chi connectivity index (χ2n) is 4.98. The van der Waals surface area contributed by atoms with E-state index in [1.807, 2.05) is 0 Å². The zero-order valence-corrected chi connectivity index (χ0v) is 14.0. The van der Waals surface area contributed by atoms with Crippen LogP contribution in [-0.4, -0.2) is 31.2 Å². The van der Waals surface area contributed by atoms with E-state index in [0.717, 1.165) is 22.2 Å². The number of carboxylic acids is 1. The summed E-state index contributed by atoms with van der Waals surface area (Å²) in [4.78, 5) is 29.9. The number of nitrogens with zero attached hydrogens (tertiary/aromatic N) is 2. The van der Waals surface area contributed by atoms with Crippen molar-refractivity contribution in [3.63, 3.8) is 0 Å². The first kappa shape index (κ1) is 16.4. The number of aromatic nitrogens is 1. The van der Waals surface area contributed by atoms with Gasteiger partial charge < -0.3 is 5.11 Å². The Bertz CT molecular complexity index is 822. The number of carboxylic acid groups (broad SMARTS) is 1. The maximum atomic E-state index is 12.7. The van der Waals surface area contributed by atoms with Gasteiger partial charge in [0, 0.05) is 12.4 Å². The predicted molar refractivity (Wildman–Crippen MR) is 96.1 cm³/mol. The van der Waals surface area contributed by atoms with E-state index in [1.54, 1.807) is 60.9 Å². The molecule has 0 aliphatic carbocycles. The van der Waals surface area contributed by atoms with Crippen molar-refractivity contribution in [2.45, 2.75) is 6.04 Å². The lowest BCUT2D eigenvalue weighted by Crippen LogP contribution is -2.37. The third-order valence-electron chi connectivity index (χ3n) is 3.43. The van der Waals surface area contributed by atoms with Crippen LogP contribution in [0, 0.1) is 0 Å². The zero-order chi connectivity index (χ0) is 17.1. The molecule has 1 amide bonds. The second kappa shape index (κ2) is 6.94. The maximum Gasteiger partial charge on any atom is 0.331 e. The minimum absolute atomic E-state index is 0.233. The molecular weight excluding hydrogens is 344 g/mol. The van der Waals surface area contributed by atoms with Gasteiger partial charge in [0.1, 0.15) is 4.32 Å². The Balaban J connectivity index is 1.96.